The fourth-order valence-corrected chi connectivity index (χ4v) is 3.33. The molecule has 14 heteroatoms. The van der Waals surface area contributed by atoms with Crippen LogP contribution in [0.15, 0.2) is 34.9 Å². The molecule has 0 unspecified atom stereocenters. The summed E-state index contributed by atoms with van der Waals surface area (Å²) in [7, 11) is 0. The van der Waals surface area contributed by atoms with E-state index in [9.17, 15) is 44.3 Å². The minimum atomic E-state index is -5.10. The molecule has 0 atom stereocenters. The maximum atomic E-state index is 12.9. The van der Waals surface area contributed by atoms with Gasteiger partial charge in [0.25, 0.3) is 11.7 Å². The molecule has 3 rings (SSSR count). The molecule has 2 aromatic heterocycles. The molecule has 0 aliphatic carbocycles. The van der Waals surface area contributed by atoms with Crippen molar-refractivity contribution in [2.45, 2.75) is 24.9 Å². The Morgan fingerprint density at radius 1 is 0.903 bits per heavy atom. The van der Waals surface area contributed by atoms with E-state index in [0.717, 1.165) is 12.1 Å². The number of alkyl halides is 9. The molecule has 1 aromatic carbocycles. The quantitative estimate of drug-likeness (QED) is 0.335. The predicted molar refractivity (Wildman–Crippen MR) is 87.2 cm³/mol. The monoisotopic (exact) mass is 474 g/mol. The van der Waals surface area contributed by atoms with Crippen molar-refractivity contribution >= 4 is 17.1 Å². The lowest BCUT2D eigenvalue weighted by atomic mass is 10.0. The average molecular weight is 474 g/mol. The standard InChI is InChI=1S/C17H7F9N2O2S/c18-15(19,20)8-3-7(4-9(6-8)16(21,22)23)5-12-27-14(30-28-12)11-2-1-10(31-11)13(29)17(24,25)26/h1-4,6H,5H2. The summed E-state index contributed by atoms with van der Waals surface area (Å²) in [6, 6.07) is 2.93. The van der Waals surface area contributed by atoms with Gasteiger partial charge < -0.3 is 4.52 Å². The molecule has 0 aliphatic rings. The van der Waals surface area contributed by atoms with E-state index in [1.807, 2.05) is 0 Å². The molecule has 0 amide bonds. The SMILES string of the molecule is O=C(c1ccc(-c2nc(Cc3cc(C(F)(F)F)cc(C(F)(F)F)c3)no2)s1)C(F)(F)F. The number of Topliss-reactive ketones (excluding diaryl/α,β-unsaturated/α-hetero) is 1. The van der Waals surface area contributed by atoms with Crippen molar-refractivity contribution in [3.8, 4) is 10.8 Å². The van der Waals surface area contributed by atoms with Crippen LogP contribution in [0.2, 0.25) is 0 Å². The molecule has 0 spiro atoms. The third-order valence-electron chi connectivity index (χ3n) is 3.78. The maximum Gasteiger partial charge on any atom is 0.455 e. The number of hydrogen-bond acceptors (Lipinski definition) is 5. The van der Waals surface area contributed by atoms with Gasteiger partial charge in [0.2, 0.25) is 0 Å². The summed E-state index contributed by atoms with van der Waals surface area (Å²) in [5, 5.41) is 3.43. The molecule has 166 valence electrons. The van der Waals surface area contributed by atoms with Crippen LogP contribution >= 0.6 is 11.3 Å². The van der Waals surface area contributed by atoms with Crippen molar-refractivity contribution in [1.82, 2.24) is 10.1 Å². The first kappa shape index (κ1) is 22.8. The number of halogens is 9. The van der Waals surface area contributed by atoms with Crippen LogP contribution < -0.4 is 0 Å². The van der Waals surface area contributed by atoms with Gasteiger partial charge in [-0.05, 0) is 35.9 Å². The highest BCUT2D eigenvalue weighted by molar-refractivity contribution is 7.17. The smallest absolute Gasteiger partial charge is 0.333 e. The molecule has 31 heavy (non-hydrogen) atoms. The third kappa shape index (κ3) is 5.24. The second kappa shape index (κ2) is 7.66. The zero-order valence-electron chi connectivity index (χ0n) is 14.6. The summed E-state index contributed by atoms with van der Waals surface area (Å²) in [5.74, 6) is -2.74. The zero-order chi connectivity index (χ0) is 23.2. The number of carbonyl (C=O) groups excluding carboxylic acids is 1. The Balaban J connectivity index is 1.88. The van der Waals surface area contributed by atoms with Gasteiger partial charge in [0.05, 0.1) is 20.9 Å². The zero-order valence-corrected chi connectivity index (χ0v) is 15.4. The summed E-state index contributed by atoms with van der Waals surface area (Å²) in [6.45, 7) is 0. The Hall–Kier alpha value is -2.90. The van der Waals surface area contributed by atoms with Crippen LogP contribution in [0.5, 0.6) is 0 Å². The van der Waals surface area contributed by atoms with E-state index >= 15 is 0 Å². The van der Waals surface area contributed by atoms with Gasteiger partial charge in [0.1, 0.15) is 0 Å². The van der Waals surface area contributed by atoms with Crippen molar-refractivity contribution in [3.05, 3.63) is 57.7 Å². The number of nitrogens with zero attached hydrogens (tertiary/aromatic N) is 2. The molecular weight excluding hydrogens is 467 g/mol. The fourth-order valence-electron chi connectivity index (χ4n) is 2.44. The van der Waals surface area contributed by atoms with E-state index in [1.165, 1.54) is 0 Å². The van der Waals surface area contributed by atoms with Gasteiger partial charge in [-0.2, -0.15) is 44.5 Å². The second-order valence-electron chi connectivity index (χ2n) is 6.10. The normalized spacial score (nSPS) is 12.9. The summed E-state index contributed by atoms with van der Waals surface area (Å²) in [4.78, 5) is 14.3. The molecule has 0 aliphatic heterocycles. The van der Waals surface area contributed by atoms with E-state index in [-0.39, 0.29) is 22.7 Å². The van der Waals surface area contributed by atoms with Gasteiger partial charge in [0, 0.05) is 6.42 Å². The highest BCUT2D eigenvalue weighted by atomic mass is 32.1. The molecule has 0 saturated carbocycles. The third-order valence-corrected chi connectivity index (χ3v) is 4.85. The number of benzene rings is 1. The Morgan fingerprint density at radius 2 is 1.48 bits per heavy atom. The molecule has 0 saturated heterocycles. The van der Waals surface area contributed by atoms with E-state index in [1.54, 1.807) is 0 Å². The number of hydrogen-bond donors (Lipinski definition) is 0. The number of aromatic nitrogens is 2. The van der Waals surface area contributed by atoms with Crippen molar-refractivity contribution in [2.75, 3.05) is 0 Å². The summed E-state index contributed by atoms with van der Waals surface area (Å²) < 4.78 is 120. The Morgan fingerprint density at radius 3 is 2.00 bits per heavy atom. The summed E-state index contributed by atoms with van der Waals surface area (Å²) in [5.41, 5.74) is -3.45. The average Bonchev–Trinajstić information content (AvgIpc) is 3.27. The topological polar surface area (TPSA) is 56.0 Å². The van der Waals surface area contributed by atoms with Crippen molar-refractivity contribution in [2.24, 2.45) is 0 Å². The Bertz CT molecular complexity index is 1080. The van der Waals surface area contributed by atoms with Crippen LogP contribution in [0.4, 0.5) is 39.5 Å². The lowest BCUT2D eigenvalue weighted by molar-refractivity contribution is -0.143. The minimum absolute atomic E-state index is 0.0318. The molecular formula is C17H7F9N2O2S. The first-order valence-corrected chi connectivity index (χ1v) is 8.79. The van der Waals surface area contributed by atoms with Gasteiger partial charge >= 0.3 is 18.5 Å². The first-order valence-electron chi connectivity index (χ1n) is 7.97. The minimum Gasteiger partial charge on any atom is -0.333 e. The van der Waals surface area contributed by atoms with Gasteiger partial charge in [-0.1, -0.05) is 5.16 Å². The fraction of sp³-hybridized carbons (Fsp3) is 0.235. The lowest BCUT2D eigenvalue weighted by Crippen LogP contribution is -2.21. The van der Waals surface area contributed by atoms with E-state index in [4.69, 9.17) is 4.52 Å². The van der Waals surface area contributed by atoms with Crippen LogP contribution in [0.3, 0.4) is 0 Å². The number of carbonyl (C=O) groups is 1. The molecule has 2 heterocycles. The lowest BCUT2D eigenvalue weighted by Gasteiger charge is -2.13. The highest BCUT2D eigenvalue weighted by Crippen LogP contribution is 2.37. The van der Waals surface area contributed by atoms with Crippen LogP contribution in [-0.2, 0) is 18.8 Å². The van der Waals surface area contributed by atoms with Gasteiger partial charge in [-0.3, -0.25) is 4.79 Å². The van der Waals surface area contributed by atoms with E-state index in [2.05, 4.69) is 10.1 Å². The molecule has 0 radical (unpaired) electrons. The van der Waals surface area contributed by atoms with Crippen LogP contribution in [0.1, 0.15) is 32.2 Å². The molecule has 3 aromatic rings. The van der Waals surface area contributed by atoms with E-state index in [0.29, 0.717) is 23.5 Å². The molecule has 4 nitrogen and oxygen atoms in total. The Kier molecular flexibility index (Phi) is 5.63. The second-order valence-corrected chi connectivity index (χ2v) is 7.18. The van der Waals surface area contributed by atoms with Crippen LogP contribution in [0.25, 0.3) is 10.8 Å². The maximum absolute atomic E-state index is 12.9. The summed E-state index contributed by atoms with van der Waals surface area (Å²) in [6.07, 6.45) is -15.7. The Labute approximate surface area is 170 Å². The van der Waals surface area contributed by atoms with Crippen molar-refractivity contribution in [3.63, 3.8) is 0 Å². The van der Waals surface area contributed by atoms with Crippen molar-refractivity contribution in [1.29, 1.82) is 0 Å². The number of rotatable bonds is 4. The summed E-state index contributed by atoms with van der Waals surface area (Å²) >= 11 is 0.389. The molecule has 0 fully saturated rings. The van der Waals surface area contributed by atoms with Gasteiger partial charge in [-0.25, -0.2) is 0 Å². The first-order chi connectivity index (χ1) is 14.1. The molecule has 0 bridgehead atoms. The van der Waals surface area contributed by atoms with E-state index < -0.39 is 52.3 Å². The number of thiophene rings is 1. The van der Waals surface area contributed by atoms with Crippen LogP contribution in [-0.4, -0.2) is 22.1 Å². The van der Waals surface area contributed by atoms with Gasteiger partial charge in [-0.15, -0.1) is 11.3 Å². The van der Waals surface area contributed by atoms with Crippen LogP contribution in [0, 0.1) is 0 Å². The largest absolute Gasteiger partial charge is 0.455 e. The van der Waals surface area contributed by atoms with Gasteiger partial charge in [0.15, 0.2) is 5.82 Å². The predicted octanol–water partition coefficient (Wildman–Crippen LogP) is 6.17. The molecule has 0 N–H and O–H groups in total. The number of ketones is 1. The highest BCUT2D eigenvalue weighted by Gasteiger charge is 2.40. The van der Waals surface area contributed by atoms with Crippen molar-refractivity contribution < 1.29 is 48.8 Å².